The molecule has 0 saturated carbocycles. The van der Waals surface area contributed by atoms with Crippen LogP contribution in [-0.4, -0.2) is 24.0 Å². The summed E-state index contributed by atoms with van der Waals surface area (Å²) in [6, 6.07) is 8.37. The highest BCUT2D eigenvalue weighted by Crippen LogP contribution is 2.28. The molecule has 0 aliphatic carbocycles. The Kier molecular flexibility index (Phi) is 4.99. The SMILES string of the molecule is CCC(C)(CN)N(C)C(C)c1ccc(Cl)cc1. The van der Waals surface area contributed by atoms with Crippen molar-refractivity contribution in [3.63, 3.8) is 0 Å². The molecule has 0 aliphatic rings. The summed E-state index contributed by atoms with van der Waals surface area (Å²) in [5.74, 6) is 0. The lowest BCUT2D eigenvalue weighted by Gasteiger charge is -2.41. The average Bonchev–Trinajstić information content (AvgIpc) is 2.37. The molecule has 1 aromatic rings. The summed E-state index contributed by atoms with van der Waals surface area (Å²) in [7, 11) is 2.13. The van der Waals surface area contributed by atoms with E-state index in [-0.39, 0.29) is 5.54 Å². The van der Waals surface area contributed by atoms with Crippen LogP contribution in [0.3, 0.4) is 0 Å². The second kappa shape index (κ2) is 5.85. The topological polar surface area (TPSA) is 29.3 Å². The van der Waals surface area contributed by atoms with Crippen molar-refractivity contribution in [3.05, 3.63) is 34.9 Å². The van der Waals surface area contributed by atoms with E-state index in [0.717, 1.165) is 11.4 Å². The number of nitrogens with two attached hydrogens (primary N) is 1. The van der Waals surface area contributed by atoms with Gasteiger partial charge in [0.15, 0.2) is 0 Å². The van der Waals surface area contributed by atoms with Crippen LogP contribution in [0.15, 0.2) is 24.3 Å². The van der Waals surface area contributed by atoms with Gasteiger partial charge in [-0.05, 0) is 45.0 Å². The minimum Gasteiger partial charge on any atom is -0.329 e. The number of likely N-dealkylation sites (N-methyl/N-ethyl adjacent to an activating group) is 1. The van der Waals surface area contributed by atoms with Crippen LogP contribution in [0.4, 0.5) is 0 Å². The molecule has 0 aromatic heterocycles. The Hall–Kier alpha value is -0.570. The summed E-state index contributed by atoms with van der Waals surface area (Å²) >= 11 is 5.91. The lowest BCUT2D eigenvalue weighted by Crippen LogP contribution is -2.50. The van der Waals surface area contributed by atoms with Crippen LogP contribution in [0.25, 0.3) is 0 Å². The zero-order valence-corrected chi connectivity index (χ0v) is 12.0. The number of hydrogen-bond donors (Lipinski definition) is 1. The third-order valence-electron chi connectivity index (χ3n) is 3.99. The molecule has 0 fully saturated rings. The van der Waals surface area contributed by atoms with Gasteiger partial charge in [-0.1, -0.05) is 30.7 Å². The first-order valence-corrected chi connectivity index (χ1v) is 6.51. The Morgan fingerprint density at radius 2 is 1.88 bits per heavy atom. The molecule has 17 heavy (non-hydrogen) atoms. The zero-order chi connectivity index (χ0) is 13.1. The van der Waals surface area contributed by atoms with Crippen LogP contribution >= 0.6 is 11.6 Å². The minimum absolute atomic E-state index is 0.0407. The van der Waals surface area contributed by atoms with Crippen molar-refractivity contribution >= 4 is 11.6 Å². The first-order valence-electron chi connectivity index (χ1n) is 6.13. The largest absolute Gasteiger partial charge is 0.329 e. The molecular weight excluding hydrogens is 232 g/mol. The van der Waals surface area contributed by atoms with Gasteiger partial charge in [-0.25, -0.2) is 0 Å². The van der Waals surface area contributed by atoms with Gasteiger partial charge in [-0.2, -0.15) is 0 Å². The van der Waals surface area contributed by atoms with Gasteiger partial charge in [0.25, 0.3) is 0 Å². The Balaban J connectivity index is 2.89. The number of nitrogens with zero attached hydrogens (tertiary/aromatic N) is 1. The van der Waals surface area contributed by atoms with Gasteiger partial charge in [0.1, 0.15) is 0 Å². The van der Waals surface area contributed by atoms with Gasteiger partial charge in [0.2, 0.25) is 0 Å². The molecule has 0 saturated heterocycles. The van der Waals surface area contributed by atoms with Gasteiger partial charge in [0.05, 0.1) is 0 Å². The van der Waals surface area contributed by atoms with Crippen LogP contribution in [0.2, 0.25) is 5.02 Å². The summed E-state index contributed by atoms with van der Waals surface area (Å²) < 4.78 is 0. The van der Waals surface area contributed by atoms with E-state index in [1.807, 2.05) is 12.1 Å². The fourth-order valence-electron chi connectivity index (χ4n) is 1.97. The second-order valence-electron chi connectivity index (χ2n) is 4.89. The van der Waals surface area contributed by atoms with E-state index in [1.54, 1.807) is 0 Å². The van der Waals surface area contributed by atoms with Crippen molar-refractivity contribution < 1.29 is 0 Å². The van der Waals surface area contributed by atoms with Gasteiger partial charge in [-0.15, -0.1) is 0 Å². The highest BCUT2D eigenvalue weighted by atomic mass is 35.5. The normalized spacial score (nSPS) is 16.9. The van der Waals surface area contributed by atoms with Crippen molar-refractivity contribution in [3.8, 4) is 0 Å². The molecule has 2 atom stereocenters. The summed E-state index contributed by atoms with van der Waals surface area (Å²) in [5.41, 5.74) is 7.20. The van der Waals surface area contributed by atoms with E-state index >= 15 is 0 Å². The van der Waals surface area contributed by atoms with Crippen molar-refractivity contribution in [2.75, 3.05) is 13.6 Å². The second-order valence-corrected chi connectivity index (χ2v) is 5.33. The van der Waals surface area contributed by atoms with Crippen LogP contribution < -0.4 is 5.73 Å². The summed E-state index contributed by atoms with van der Waals surface area (Å²) in [5, 5.41) is 0.778. The van der Waals surface area contributed by atoms with Crippen molar-refractivity contribution in [2.24, 2.45) is 5.73 Å². The Morgan fingerprint density at radius 1 is 1.35 bits per heavy atom. The molecule has 1 aromatic carbocycles. The maximum Gasteiger partial charge on any atom is 0.0406 e. The van der Waals surface area contributed by atoms with Crippen molar-refractivity contribution in [2.45, 2.75) is 38.8 Å². The van der Waals surface area contributed by atoms with Gasteiger partial charge < -0.3 is 5.73 Å². The van der Waals surface area contributed by atoms with Crippen molar-refractivity contribution in [1.82, 2.24) is 4.90 Å². The molecule has 0 bridgehead atoms. The van der Waals surface area contributed by atoms with Crippen LogP contribution in [0, 0.1) is 0 Å². The molecule has 96 valence electrons. The van der Waals surface area contributed by atoms with Gasteiger partial charge >= 0.3 is 0 Å². The quantitative estimate of drug-likeness (QED) is 0.872. The summed E-state index contributed by atoms with van der Waals surface area (Å²) in [6.07, 6.45) is 1.04. The molecule has 3 heteroatoms. The van der Waals surface area contributed by atoms with Crippen LogP contribution in [0.1, 0.15) is 38.8 Å². The van der Waals surface area contributed by atoms with Crippen LogP contribution in [0.5, 0.6) is 0 Å². The third kappa shape index (κ3) is 3.21. The van der Waals surface area contributed by atoms with Gasteiger partial charge in [0, 0.05) is 23.1 Å². The lowest BCUT2D eigenvalue weighted by molar-refractivity contribution is 0.0964. The smallest absolute Gasteiger partial charge is 0.0406 e. The molecule has 1 rings (SSSR count). The molecule has 0 radical (unpaired) electrons. The number of hydrogen-bond acceptors (Lipinski definition) is 2. The molecule has 0 aliphatic heterocycles. The first kappa shape index (κ1) is 14.5. The number of rotatable bonds is 5. The maximum atomic E-state index is 5.91. The fraction of sp³-hybridized carbons (Fsp3) is 0.571. The van der Waals surface area contributed by atoms with Crippen LogP contribution in [-0.2, 0) is 0 Å². The average molecular weight is 255 g/mol. The van der Waals surface area contributed by atoms with E-state index in [9.17, 15) is 0 Å². The molecule has 2 nitrogen and oxygen atoms in total. The zero-order valence-electron chi connectivity index (χ0n) is 11.2. The summed E-state index contributed by atoms with van der Waals surface area (Å²) in [6.45, 7) is 7.25. The Labute approximate surface area is 110 Å². The highest BCUT2D eigenvalue weighted by Gasteiger charge is 2.29. The third-order valence-corrected chi connectivity index (χ3v) is 4.24. The number of benzene rings is 1. The summed E-state index contributed by atoms with van der Waals surface area (Å²) in [4.78, 5) is 2.34. The van der Waals surface area contributed by atoms with E-state index in [4.69, 9.17) is 17.3 Å². The number of halogens is 1. The lowest BCUT2D eigenvalue weighted by atomic mass is 9.93. The highest BCUT2D eigenvalue weighted by molar-refractivity contribution is 6.30. The molecule has 2 N–H and O–H groups in total. The molecule has 2 unspecified atom stereocenters. The fourth-order valence-corrected chi connectivity index (χ4v) is 2.10. The Bertz CT molecular complexity index is 344. The van der Waals surface area contributed by atoms with E-state index in [2.05, 4.69) is 44.9 Å². The van der Waals surface area contributed by atoms with Gasteiger partial charge in [-0.3, -0.25) is 4.90 Å². The predicted octanol–water partition coefficient (Wildman–Crippen LogP) is 3.46. The standard InChI is InChI=1S/C14H23ClN2/c1-5-14(3,10-16)17(4)11(2)12-6-8-13(15)9-7-12/h6-9,11H,5,10,16H2,1-4H3. The predicted molar refractivity (Wildman–Crippen MR) is 75.4 cm³/mol. The van der Waals surface area contributed by atoms with Crippen molar-refractivity contribution in [1.29, 1.82) is 0 Å². The van der Waals surface area contributed by atoms with E-state index < -0.39 is 0 Å². The molecule has 0 heterocycles. The molecule has 0 spiro atoms. The Morgan fingerprint density at radius 3 is 2.29 bits per heavy atom. The molecule has 0 amide bonds. The molecular formula is C14H23ClN2. The minimum atomic E-state index is 0.0407. The van der Waals surface area contributed by atoms with E-state index in [1.165, 1.54) is 5.56 Å². The monoisotopic (exact) mass is 254 g/mol. The first-order chi connectivity index (χ1) is 7.94. The maximum absolute atomic E-state index is 5.91. The van der Waals surface area contributed by atoms with E-state index in [0.29, 0.717) is 12.6 Å².